The number of hydrogen-bond donors (Lipinski definition) is 2. The van der Waals surface area contributed by atoms with Crippen LogP contribution in [0.15, 0.2) is 18.6 Å². The van der Waals surface area contributed by atoms with Gasteiger partial charge in [-0.25, -0.2) is 18.9 Å². The lowest BCUT2D eigenvalue weighted by Crippen LogP contribution is -2.46. The number of nitrogens with zero attached hydrogens (tertiary/aromatic N) is 4. The first kappa shape index (κ1) is 21.2. The molecule has 0 bridgehead atoms. The van der Waals surface area contributed by atoms with Crippen molar-refractivity contribution in [3.8, 4) is 0 Å². The van der Waals surface area contributed by atoms with E-state index in [2.05, 4.69) is 45.5 Å². The van der Waals surface area contributed by atoms with Crippen LogP contribution in [0.2, 0.25) is 0 Å². The Balaban J connectivity index is 1.49. The molecule has 1 saturated carbocycles. The van der Waals surface area contributed by atoms with E-state index in [1.54, 1.807) is 13.3 Å². The van der Waals surface area contributed by atoms with Crippen molar-refractivity contribution in [3.63, 3.8) is 0 Å². The minimum absolute atomic E-state index is 0.00596. The van der Waals surface area contributed by atoms with Gasteiger partial charge in [0.1, 0.15) is 17.8 Å². The smallest absolute Gasteiger partial charge is 0.240 e. The lowest BCUT2D eigenvalue weighted by atomic mass is 9.71. The van der Waals surface area contributed by atoms with Crippen LogP contribution in [0.3, 0.4) is 0 Å². The van der Waals surface area contributed by atoms with Crippen LogP contribution < -0.4 is 9.62 Å². The van der Waals surface area contributed by atoms with Gasteiger partial charge in [0.05, 0.1) is 18.5 Å². The summed E-state index contributed by atoms with van der Waals surface area (Å²) in [6.07, 6.45) is 5.44. The molecular formula is C20H30N6O3S. The van der Waals surface area contributed by atoms with Gasteiger partial charge in [-0.15, -0.1) is 0 Å². The van der Waals surface area contributed by atoms with E-state index in [1.807, 2.05) is 17.2 Å². The Morgan fingerprint density at radius 2 is 2.03 bits per heavy atom. The van der Waals surface area contributed by atoms with Crippen molar-refractivity contribution in [1.82, 2.24) is 24.6 Å². The van der Waals surface area contributed by atoms with E-state index < -0.39 is 17.3 Å². The van der Waals surface area contributed by atoms with Crippen LogP contribution in [-0.2, 0) is 20.2 Å². The van der Waals surface area contributed by atoms with Gasteiger partial charge in [0.15, 0.2) is 0 Å². The first-order valence-electron chi connectivity index (χ1n) is 10.2. The number of anilines is 1. The molecule has 2 fully saturated rings. The highest BCUT2D eigenvalue weighted by Crippen LogP contribution is 2.58. The van der Waals surface area contributed by atoms with Crippen LogP contribution in [0, 0.1) is 10.8 Å². The molecule has 164 valence electrons. The molecular weight excluding hydrogens is 404 g/mol. The quantitative estimate of drug-likeness (QED) is 0.716. The van der Waals surface area contributed by atoms with Crippen molar-refractivity contribution in [2.45, 2.75) is 45.7 Å². The summed E-state index contributed by atoms with van der Waals surface area (Å²) in [6, 6.07) is 1.79. The minimum atomic E-state index is -1.66. The fourth-order valence-electron chi connectivity index (χ4n) is 5.27. The summed E-state index contributed by atoms with van der Waals surface area (Å²) >= 11 is -1.66. The topological polar surface area (TPSA) is 103 Å². The standard InChI is InChI=1S/C20H30N6O3S/c1-13(24-30(28)29-5)18(27)26-10-19(2)8-14(9-20(19,3)11-26)25(4)17-15-6-7-21-16(15)22-12-23-17/h6-7,12-14,24H,8-11H2,1-5H3,(H,21,22,23)/t13-,14-,19+,20-,30?/m1/s1. The molecule has 30 heavy (non-hydrogen) atoms. The van der Waals surface area contributed by atoms with E-state index in [0.717, 1.165) is 29.7 Å². The molecule has 2 aromatic rings. The molecule has 2 aliphatic rings. The number of amides is 1. The van der Waals surface area contributed by atoms with Gasteiger partial charge in [0.2, 0.25) is 17.2 Å². The van der Waals surface area contributed by atoms with Gasteiger partial charge in [-0.1, -0.05) is 13.8 Å². The lowest BCUT2D eigenvalue weighted by Gasteiger charge is -2.31. The van der Waals surface area contributed by atoms with Crippen LogP contribution in [-0.4, -0.2) is 69.3 Å². The zero-order valence-electron chi connectivity index (χ0n) is 18.1. The summed E-state index contributed by atoms with van der Waals surface area (Å²) in [7, 11) is 3.44. The third-order valence-corrected chi connectivity index (χ3v) is 8.08. The highest BCUT2D eigenvalue weighted by atomic mass is 32.2. The first-order chi connectivity index (χ1) is 14.2. The molecule has 1 aliphatic carbocycles. The second-order valence-corrected chi connectivity index (χ2v) is 10.2. The molecule has 1 saturated heterocycles. The number of rotatable bonds is 6. The van der Waals surface area contributed by atoms with Crippen molar-refractivity contribution in [2.75, 3.05) is 32.1 Å². The Bertz CT molecular complexity index is 962. The van der Waals surface area contributed by atoms with E-state index in [9.17, 15) is 9.00 Å². The number of carbonyl (C=O) groups excluding carboxylic acids is 1. The highest BCUT2D eigenvalue weighted by molar-refractivity contribution is 7.78. The molecule has 4 rings (SSSR count). The first-order valence-corrected chi connectivity index (χ1v) is 11.3. The Morgan fingerprint density at radius 3 is 2.67 bits per heavy atom. The zero-order chi connectivity index (χ0) is 21.7. The Labute approximate surface area is 179 Å². The number of aromatic nitrogens is 3. The van der Waals surface area contributed by atoms with E-state index in [-0.39, 0.29) is 16.7 Å². The summed E-state index contributed by atoms with van der Waals surface area (Å²) in [5.74, 6) is 0.901. The number of fused-ring (bicyclic) bond motifs is 2. The van der Waals surface area contributed by atoms with Crippen molar-refractivity contribution < 1.29 is 13.2 Å². The van der Waals surface area contributed by atoms with Gasteiger partial charge in [0, 0.05) is 32.4 Å². The fraction of sp³-hybridized carbons (Fsp3) is 0.650. The molecule has 2 N–H and O–H groups in total. The number of carbonyl (C=O) groups is 1. The molecule has 2 aromatic heterocycles. The minimum Gasteiger partial charge on any atom is -0.356 e. The molecule has 3 heterocycles. The number of hydrogen-bond acceptors (Lipinski definition) is 6. The summed E-state index contributed by atoms with van der Waals surface area (Å²) in [5.41, 5.74) is 0.854. The van der Waals surface area contributed by atoms with Crippen LogP contribution in [0.1, 0.15) is 33.6 Å². The van der Waals surface area contributed by atoms with Gasteiger partial charge in [-0.05, 0) is 36.7 Å². The molecule has 1 amide bonds. The van der Waals surface area contributed by atoms with Crippen molar-refractivity contribution in [2.24, 2.45) is 10.8 Å². The molecule has 9 nitrogen and oxygen atoms in total. The predicted molar refractivity (Wildman–Crippen MR) is 116 cm³/mol. The van der Waals surface area contributed by atoms with Gasteiger partial charge in [0.25, 0.3) is 0 Å². The zero-order valence-corrected chi connectivity index (χ0v) is 19.0. The van der Waals surface area contributed by atoms with Gasteiger partial charge in [-0.3, -0.25) is 8.98 Å². The van der Waals surface area contributed by atoms with Crippen LogP contribution in [0.25, 0.3) is 11.0 Å². The van der Waals surface area contributed by atoms with E-state index >= 15 is 0 Å². The number of H-pyrrole nitrogens is 1. The van der Waals surface area contributed by atoms with Crippen LogP contribution in [0.5, 0.6) is 0 Å². The third-order valence-electron chi connectivity index (χ3n) is 7.23. The average Bonchev–Trinajstić information content (AvgIpc) is 3.35. The van der Waals surface area contributed by atoms with Gasteiger partial charge < -0.3 is 14.8 Å². The van der Waals surface area contributed by atoms with Gasteiger partial charge in [-0.2, -0.15) is 0 Å². The average molecular weight is 435 g/mol. The fourth-order valence-corrected chi connectivity index (χ4v) is 5.76. The largest absolute Gasteiger partial charge is 0.356 e. The summed E-state index contributed by atoms with van der Waals surface area (Å²) < 4.78 is 19.0. The van der Waals surface area contributed by atoms with Crippen molar-refractivity contribution >= 4 is 34.0 Å². The molecule has 1 aliphatic heterocycles. The SMILES string of the molecule is COS(=O)N[C@H](C)C(=O)N1C[C@]2(C)C[C@@H](N(C)c3ncnc4[nH]ccc34)C[C@]2(C)C1. The highest BCUT2D eigenvalue weighted by Gasteiger charge is 2.59. The molecule has 1 unspecified atom stereocenters. The molecule has 0 spiro atoms. The summed E-state index contributed by atoms with van der Waals surface area (Å²) in [6.45, 7) is 7.69. The Kier molecular flexibility index (Phi) is 5.36. The maximum atomic E-state index is 12.9. The summed E-state index contributed by atoms with van der Waals surface area (Å²) in [4.78, 5) is 29.1. The van der Waals surface area contributed by atoms with E-state index in [4.69, 9.17) is 4.18 Å². The monoisotopic (exact) mass is 434 g/mol. The molecule has 0 aromatic carbocycles. The Morgan fingerprint density at radius 1 is 1.37 bits per heavy atom. The second kappa shape index (κ2) is 7.58. The van der Waals surface area contributed by atoms with Gasteiger partial charge >= 0.3 is 0 Å². The molecule has 0 radical (unpaired) electrons. The lowest BCUT2D eigenvalue weighted by molar-refractivity contribution is -0.132. The second-order valence-electron chi connectivity index (χ2n) is 9.17. The molecule has 10 heteroatoms. The third kappa shape index (κ3) is 3.40. The predicted octanol–water partition coefficient (Wildman–Crippen LogP) is 1.61. The van der Waals surface area contributed by atoms with Crippen LogP contribution in [0.4, 0.5) is 5.82 Å². The molecule has 5 atom stereocenters. The number of nitrogens with one attached hydrogen (secondary N) is 2. The van der Waals surface area contributed by atoms with E-state index in [1.165, 1.54) is 7.11 Å². The normalized spacial score (nSPS) is 30.4. The maximum absolute atomic E-state index is 12.9. The summed E-state index contributed by atoms with van der Waals surface area (Å²) in [5, 5.41) is 1.02. The van der Waals surface area contributed by atoms with Crippen molar-refractivity contribution in [3.05, 3.63) is 18.6 Å². The number of aromatic amines is 1. The maximum Gasteiger partial charge on any atom is 0.240 e. The van der Waals surface area contributed by atoms with E-state index in [0.29, 0.717) is 19.1 Å². The number of likely N-dealkylation sites (tertiary alicyclic amines) is 1. The van der Waals surface area contributed by atoms with Crippen molar-refractivity contribution in [1.29, 1.82) is 0 Å². The Hall–Kier alpha value is -2.04. The van der Waals surface area contributed by atoms with Crippen LogP contribution >= 0.6 is 0 Å².